The van der Waals surface area contributed by atoms with Crippen molar-refractivity contribution < 1.29 is 4.74 Å². The lowest BCUT2D eigenvalue weighted by atomic mass is 10.1. The molecule has 0 aliphatic heterocycles. The molecule has 0 radical (unpaired) electrons. The van der Waals surface area contributed by atoms with Gasteiger partial charge in [-0.25, -0.2) is 0 Å². The van der Waals surface area contributed by atoms with Gasteiger partial charge in [0.2, 0.25) is 0 Å². The Morgan fingerprint density at radius 3 is 2.50 bits per heavy atom. The summed E-state index contributed by atoms with van der Waals surface area (Å²) in [5.41, 5.74) is 6.00. The number of nitrogens with two attached hydrogens (primary N) is 1. The molecule has 3 atom stereocenters. The summed E-state index contributed by atoms with van der Waals surface area (Å²) < 4.78 is 6.04. The zero-order valence-electron chi connectivity index (χ0n) is 10.7. The number of hydrogen-bond donors (Lipinski definition) is 1. The lowest BCUT2D eigenvalue weighted by Gasteiger charge is -2.24. The Morgan fingerprint density at radius 1 is 1.38 bits per heavy atom. The maximum Gasteiger partial charge on any atom is 0.107 e. The first-order chi connectivity index (χ1) is 7.54. The third-order valence-corrected chi connectivity index (χ3v) is 3.66. The molecule has 0 spiro atoms. The molecule has 0 aliphatic rings. The SMILES string of the molecule is CCCC(C)OC(c1ccc(C)s1)C(C)N. The largest absolute Gasteiger partial charge is 0.368 e. The topological polar surface area (TPSA) is 35.2 Å². The fourth-order valence-corrected chi connectivity index (χ4v) is 2.81. The smallest absolute Gasteiger partial charge is 0.107 e. The van der Waals surface area contributed by atoms with E-state index in [1.165, 1.54) is 9.75 Å². The Balaban J connectivity index is 2.68. The maximum absolute atomic E-state index is 6.04. The summed E-state index contributed by atoms with van der Waals surface area (Å²) in [6, 6.07) is 4.30. The second kappa shape index (κ2) is 6.38. The average Bonchev–Trinajstić information content (AvgIpc) is 2.61. The van der Waals surface area contributed by atoms with Gasteiger partial charge in [0.1, 0.15) is 6.10 Å². The predicted molar refractivity (Wildman–Crippen MR) is 70.9 cm³/mol. The van der Waals surface area contributed by atoms with Gasteiger partial charge in [-0.3, -0.25) is 0 Å². The van der Waals surface area contributed by atoms with Crippen LogP contribution in [0.5, 0.6) is 0 Å². The normalized spacial score (nSPS) is 17.1. The van der Waals surface area contributed by atoms with Crippen LogP contribution >= 0.6 is 11.3 Å². The van der Waals surface area contributed by atoms with Gasteiger partial charge in [0.15, 0.2) is 0 Å². The van der Waals surface area contributed by atoms with Crippen molar-refractivity contribution in [2.45, 2.75) is 58.8 Å². The minimum atomic E-state index is 0.0392. The molecule has 0 fully saturated rings. The molecule has 1 aromatic heterocycles. The third-order valence-electron chi connectivity index (χ3n) is 2.59. The van der Waals surface area contributed by atoms with Crippen LogP contribution in [-0.4, -0.2) is 12.1 Å². The molecule has 1 heterocycles. The molecule has 92 valence electrons. The highest BCUT2D eigenvalue weighted by molar-refractivity contribution is 7.12. The quantitative estimate of drug-likeness (QED) is 0.825. The van der Waals surface area contributed by atoms with Crippen LogP contribution in [0.4, 0.5) is 0 Å². The number of hydrogen-bond acceptors (Lipinski definition) is 3. The van der Waals surface area contributed by atoms with Gasteiger partial charge in [0, 0.05) is 15.8 Å². The molecule has 2 nitrogen and oxygen atoms in total. The van der Waals surface area contributed by atoms with Gasteiger partial charge in [0.05, 0.1) is 6.10 Å². The molecule has 2 N–H and O–H groups in total. The Hall–Kier alpha value is -0.380. The molecule has 1 rings (SSSR count). The first kappa shape index (κ1) is 13.7. The Bertz CT molecular complexity index is 309. The Morgan fingerprint density at radius 2 is 2.06 bits per heavy atom. The highest BCUT2D eigenvalue weighted by Gasteiger charge is 2.20. The summed E-state index contributed by atoms with van der Waals surface area (Å²) in [6.45, 7) is 8.43. The van der Waals surface area contributed by atoms with E-state index in [0.29, 0.717) is 0 Å². The minimum absolute atomic E-state index is 0.0392. The van der Waals surface area contributed by atoms with Crippen LogP contribution < -0.4 is 5.73 Å². The van der Waals surface area contributed by atoms with E-state index in [4.69, 9.17) is 10.5 Å². The van der Waals surface area contributed by atoms with Gasteiger partial charge >= 0.3 is 0 Å². The lowest BCUT2D eigenvalue weighted by Crippen LogP contribution is -2.29. The highest BCUT2D eigenvalue weighted by atomic mass is 32.1. The van der Waals surface area contributed by atoms with Crippen molar-refractivity contribution in [1.82, 2.24) is 0 Å². The van der Waals surface area contributed by atoms with Gasteiger partial charge < -0.3 is 10.5 Å². The Labute approximate surface area is 103 Å². The van der Waals surface area contributed by atoms with Gasteiger partial charge in [0.25, 0.3) is 0 Å². The number of thiophene rings is 1. The van der Waals surface area contributed by atoms with Crippen molar-refractivity contribution in [1.29, 1.82) is 0 Å². The van der Waals surface area contributed by atoms with Gasteiger partial charge in [-0.1, -0.05) is 13.3 Å². The predicted octanol–water partition coefficient (Wildman–Crippen LogP) is 3.65. The molecule has 3 unspecified atom stereocenters. The molecular formula is C13H23NOS. The zero-order valence-corrected chi connectivity index (χ0v) is 11.5. The van der Waals surface area contributed by atoms with Crippen LogP contribution in [0.3, 0.4) is 0 Å². The molecule has 0 aliphatic carbocycles. The van der Waals surface area contributed by atoms with E-state index in [1.807, 2.05) is 6.92 Å². The summed E-state index contributed by atoms with van der Waals surface area (Å²) in [7, 11) is 0. The first-order valence-corrected chi connectivity index (χ1v) is 6.83. The second-order valence-electron chi connectivity index (χ2n) is 4.46. The second-order valence-corrected chi connectivity index (χ2v) is 5.78. The van der Waals surface area contributed by atoms with Crippen LogP contribution in [0.25, 0.3) is 0 Å². The van der Waals surface area contributed by atoms with Crippen LogP contribution in [-0.2, 0) is 4.74 Å². The van der Waals surface area contributed by atoms with E-state index in [1.54, 1.807) is 11.3 Å². The van der Waals surface area contributed by atoms with Crippen LogP contribution in [0.2, 0.25) is 0 Å². The summed E-state index contributed by atoms with van der Waals surface area (Å²) in [5.74, 6) is 0. The van der Waals surface area contributed by atoms with E-state index < -0.39 is 0 Å². The number of ether oxygens (including phenoxy) is 1. The fraction of sp³-hybridized carbons (Fsp3) is 0.692. The van der Waals surface area contributed by atoms with Crippen molar-refractivity contribution in [3.05, 3.63) is 21.9 Å². The summed E-state index contributed by atoms with van der Waals surface area (Å²) >= 11 is 1.78. The molecule has 1 aromatic rings. The van der Waals surface area contributed by atoms with Crippen molar-refractivity contribution in [3.8, 4) is 0 Å². The molecular weight excluding hydrogens is 218 g/mol. The van der Waals surface area contributed by atoms with Crippen molar-refractivity contribution in [2.75, 3.05) is 0 Å². The maximum atomic E-state index is 6.04. The van der Waals surface area contributed by atoms with Crippen LogP contribution in [0, 0.1) is 6.92 Å². The third kappa shape index (κ3) is 3.89. The standard InChI is InChI=1S/C13H23NOS/c1-5-6-9(2)15-13(11(4)14)12-8-7-10(3)16-12/h7-9,11,13H,5-6,14H2,1-4H3. The molecule has 0 saturated carbocycles. The summed E-state index contributed by atoms with van der Waals surface area (Å²) in [6.07, 6.45) is 2.56. The van der Waals surface area contributed by atoms with Crippen molar-refractivity contribution in [3.63, 3.8) is 0 Å². The van der Waals surface area contributed by atoms with Gasteiger partial charge in [-0.05, 0) is 39.3 Å². The molecule has 0 amide bonds. The van der Waals surface area contributed by atoms with Gasteiger partial charge in [-0.2, -0.15) is 0 Å². The van der Waals surface area contributed by atoms with E-state index in [-0.39, 0.29) is 18.2 Å². The molecule has 0 aromatic carbocycles. The fourth-order valence-electron chi connectivity index (χ4n) is 1.78. The number of aryl methyl sites for hydroxylation is 1. The zero-order chi connectivity index (χ0) is 12.1. The van der Waals surface area contributed by atoms with Crippen LogP contribution in [0.1, 0.15) is 49.5 Å². The van der Waals surface area contributed by atoms with E-state index in [2.05, 4.69) is 32.9 Å². The van der Waals surface area contributed by atoms with E-state index >= 15 is 0 Å². The Kier molecular flexibility index (Phi) is 5.46. The summed E-state index contributed by atoms with van der Waals surface area (Å²) in [5, 5.41) is 0. The molecule has 0 saturated heterocycles. The molecule has 3 heteroatoms. The van der Waals surface area contributed by atoms with Crippen molar-refractivity contribution in [2.24, 2.45) is 5.73 Å². The van der Waals surface area contributed by atoms with E-state index in [9.17, 15) is 0 Å². The van der Waals surface area contributed by atoms with E-state index in [0.717, 1.165) is 12.8 Å². The van der Waals surface area contributed by atoms with Crippen LogP contribution in [0.15, 0.2) is 12.1 Å². The average molecular weight is 241 g/mol. The first-order valence-electron chi connectivity index (χ1n) is 6.02. The summed E-state index contributed by atoms with van der Waals surface area (Å²) in [4.78, 5) is 2.56. The van der Waals surface area contributed by atoms with Crippen molar-refractivity contribution >= 4 is 11.3 Å². The highest BCUT2D eigenvalue weighted by Crippen LogP contribution is 2.29. The molecule has 0 bridgehead atoms. The number of rotatable bonds is 6. The monoisotopic (exact) mass is 241 g/mol. The van der Waals surface area contributed by atoms with Gasteiger partial charge in [-0.15, -0.1) is 11.3 Å². The lowest BCUT2D eigenvalue weighted by molar-refractivity contribution is -0.0167. The minimum Gasteiger partial charge on any atom is -0.368 e. The molecule has 16 heavy (non-hydrogen) atoms.